The van der Waals surface area contributed by atoms with E-state index in [1.807, 2.05) is 25.1 Å². The maximum Gasteiger partial charge on any atom is 0.239 e. The molecule has 4 nitrogen and oxygen atoms in total. The minimum absolute atomic E-state index is 0.231. The van der Waals surface area contributed by atoms with Gasteiger partial charge in [0.1, 0.15) is 11.7 Å². The number of benzene rings is 2. The third-order valence-electron chi connectivity index (χ3n) is 4.08. The molecule has 0 aromatic heterocycles. The smallest absolute Gasteiger partial charge is 0.239 e. The Morgan fingerprint density at radius 3 is 2.83 bits per heavy atom. The number of nitrogens with one attached hydrogen (secondary N) is 1. The summed E-state index contributed by atoms with van der Waals surface area (Å²) in [4.78, 5) is 26.7. The first-order chi connectivity index (χ1) is 11.5. The number of hydrogen-bond acceptors (Lipinski definition) is 2. The van der Waals surface area contributed by atoms with Gasteiger partial charge < -0.3 is 10.2 Å². The molecule has 0 spiro atoms. The summed E-state index contributed by atoms with van der Waals surface area (Å²) in [5.41, 5.74) is 2.12. The predicted octanol–water partition coefficient (Wildman–Crippen LogP) is 3.89. The lowest BCUT2D eigenvalue weighted by atomic mass is 10.1. The molecule has 1 N–H and O–H groups in total. The van der Waals surface area contributed by atoms with Crippen LogP contribution in [0.1, 0.15) is 12.0 Å². The van der Waals surface area contributed by atoms with E-state index in [1.54, 1.807) is 11.0 Å². The predicted molar refractivity (Wildman–Crippen MR) is 94.4 cm³/mol. The van der Waals surface area contributed by atoms with Crippen molar-refractivity contribution in [3.8, 4) is 0 Å². The van der Waals surface area contributed by atoms with Crippen LogP contribution in [0.4, 0.5) is 15.8 Å². The number of hydrogen-bond donors (Lipinski definition) is 1. The van der Waals surface area contributed by atoms with Gasteiger partial charge in [-0.2, -0.15) is 0 Å². The van der Waals surface area contributed by atoms with Gasteiger partial charge in [0, 0.05) is 22.4 Å². The first-order valence-electron chi connectivity index (χ1n) is 7.59. The Balaban J connectivity index is 1.76. The molecule has 0 bridgehead atoms. The highest BCUT2D eigenvalue weighted by atomic mass is 79.9. The van der Waals surface area contributed by atoms with Gasteiger partial charge in [-0.15, -0.1) is 0 Å². The van der Waals surface area contributed by atoms with Crippen molar-refractivity contribution in [2.75, 3.05) is 16.8 Å². The fourth-order valence-electron chi connectivity index (χ4n) is 2.83. The highest BCUT2D eigenvalue weighted by molar-refractivity contribution is 9.10. The molecular formula is C18H16BrFN2O2. The molecule has 0 saturated carbocycles. The van der Waals surface area contributed by atoms with Gasteiger partial charge in [0.25, 0.3) is 0 Å². The third-order valence-corrected chi connectivity index (χ3v) is 4.57. The largest absolute Gasteiger partial charge is 0.325 e. The number of halogens is 2. The van der Waals surface area contributed by atoms with E-state index in [-0.39, 0.29) is 5.91 Å². The summed E-state index contributed by atoms with van der Waals surface area (Å²) in [5, 5.41) is 2.62. The molecule has 1 aliphatic rings. The lowest BCUT2D eigenvalue weighted by Gasteiger charge is -2.19. The molecule has 124 valence electrons. The Hall–Kier alpha value is -2.21. The first-order valence-corrected chi connectivity index (χ1v) is 8.39. The van der Waals surface area contributed by atoms with Crippen LogP contribution in [0.2, 0.25) is 0 Å². The van der Waals surface area contributed by atoms with Gasteiger partial charge in [-0.05, 0) is 49.2 Å². The number of anilines is 2. The lowest BCUT2D eigenvalue weighted by molar-refractivity contribution is -0.129. The average Bonchev–Trinajstić information content (AvgIpc) is 2.91. The maximum absolute atomic E-state index is 13.2. The second-order valence-electron chi connectivity index (χ2n) is 5.76. The van der Waals surface area contributed by atoms with Gasteiger partial charge in [-0.3, -0.25) is 9.59 Å². The molecule has 1 heterocycles. The van der Waals surface area contributed by atoms with Crippen LogP contribution < -0.4 is 10.2 Å². The summed E-state index contributed by atoms with van der Waals surface area (Å²) in [5.74, 6) is -1.82. The average molecular weight is 391 g/mol. The summed E-state index contributed by atoms with van der Waals surface area (Å²) >= 11 is 3.41. The monoisotopic (exact) mass is 390 g/mol. The summed E-state index contributed by atoms with van der Waals surface area (Å²) < 4.78 is 14.1. The van der Waals surface area contributed by atoms with Crippen molar-refractivity contribution < 1.29 is 14.0 Å². The van der Waals surface area contributed by atoms with Crippen LogP contribution in [0.5, 0.6) is 0 Å². The number of aryl methyl sites for hydroxylation is 1. The van der Waals surface area contributed by atoms with E-state index < -0.39 is 17.6 Å². The molecule has 2 amide bonds. The fourth-order valence-corrected chi connectivity index (χ4v) is 3.18. The van der Waals surface area contributed by atoms with E-state index in [1.165, 1.54) is 18.2 Å². The van der Waals surface area contributed by atoms with E-state index in [0.29, 0.717) is 18.7 Å². The summed E-state index contributed by atoms with van der Waals surface area (Å²) in [6.07, 6.45) is 0.436. The Morgan fingerprint density at radius 2 is 2.08 bits per heavy atom. The third kappa shape index (κ3) is 3.33. The van der Waals surface area contributed by atoms with Crippen LogP contribution in [0.15, 0.2) is 46.9 Å². The summed E-state index contributed by atoms with van der Waals surface area (Å²) in [6.45, 7) is 2.41. The molecule has 1 fully saturated rings. The molecule has 1 atom stereocenters. The van der Waals surface area contributed by atoms with Gasteiger partial charge in [0.05, 0.1) is 0 Å². The number of carbonyl (C=O) groups excluding carboxylic acids is 2. The van der Waals surface area contributed by atoms with Crippen LogP contribution in [0, 0.1) is 18.7 Å². The molecule has 1 unspecified atom stereocenters. The van der Waals surface area contributed by atoms with E-state index in [9.17, 15) is 14.0 Å². The summed E-state index contributed by atoms with van der Waals surface area (Å²) in [7, 11) is 0. The second-order valence-corrected chi connectivity index (χ2v) is 6.68. The van der Waals surface area contributed by atoms with Crippen molar-refractivity contribution in [1.82, 2.24) is 0 Å². The molecule has 0 radical (unpaired) electrons. The van der Waals surface area contributed by atoms with Gasteiger partial charge in [0.15, 0.2) is 0 Å². The van der Waals surface area contributed by atoms with E-state index in [0.717, 1.165) is 15.7 Å². The normalized spacial score (nSPS) is 17.2. The number of carbonyl (C=O) groups is 2. The maximum atomic E-state index is 13.2. The Labute approximate surface area is 147 Å². The van der Waals surface area contributed by atoms with Crippen molar-refractivity contribution in [3.63, 3.8) is 0 Å². The fraction of sp³-hybridized carbons (Fsp3) is 0.222. The molecule has 2 aromatic rings. The highest BCUT2D eigenvalue weighted by Gasteiger charge is 2.38. The van der Waals surface area contributed by atoms with Crippen molar-refractivity contribution >= 4 is 39.1 Å². The summed E-state index contributed by atoms with van der Waals surface area (Å²) in [6, 6.07) is 11.3. The van der Waals surface area contributed by atoms with Gasteiger partial charge >= 0.3 is 0 Å². The zero-order valence-corrected chi connectivity index (χ0v) is 14.6. The molecule has 0 aliphatic carbocycles. The minimum Gasteiger partial charge on any atom is -0.325 e. The Bertz CT molecular complexity index is 809. The molecule has 2 aromatic carbocycles. The van der Waals surface area contributed by atoms with Gasteiger partial charge in [-0.25, -0.2) is 4.39 Å². The highest BCUT2D eigenvalue weighted by Crippen LogP contribution is 2.31. The quantitative estimate of drug-likeness (QED) is 0.808. The van der Waals surface area contributed by atoms with Gasteiger partial charge in [-0.1, -0.05) is 28.1 Å². The van der Waals surface area contributed by atoms with Crippen LogP contribution in [0.25, 0.3) is 0 Å². The van der Waals surface area contributed by atoms with Crippen molar-refractivity contribution in [3.05, 3.63) is 58.3 Å². The zero-order chi connectivity index (χ0) is 17.3. The van der Waals surface area contributed by atoms with Crippen molar-refractivity contribution in [1.29, 1.82) is 0 Å². The van der Waals surface area contributed by atoms with Gasteiger partial charge in [0.2, 0.25) is 11.8 Å². The lowest BCUT2D eigenvalue weighted by Crippen LogP contribution is -2.33. The van der Waals surface area contributed by atoms with Crippen molar-refractivity contribution in [2.24, 2.45) is 5.92 Å². The number of rotatable bonds is 3. The topological polar surface area (TPSA) is 49.4 Å². The molecule has 6 heteroatoms. The molecule has 1 saturated heterocycles. The van der Waals surface area contributed by atoms with Crippen LogP contribution in [-0.4, -0.2) is 18.4 Å². The number of nitrogens with zero attached hydrogens (tertiary/aromatic N) is 1. The molecule has 3 rings (SSSR count). The Morgan fingerprint density at radius 1 is 1.29 bits per heavy atom. The van der Waals surface area contributed by atoms with E-state index >= 15 is 0 Å². The standard InChI is InChI=1S/C18H16BrFN2O2/c1-11-5-6-12(19)9-16(11)22-8-7-15(18(22)24)17(23)21-14-4-2-3-13(20)10-14/h2-6,9-10,15H,7-8H2,1H3,(H,21,23). The molecule has 1 aliphatic heterocycles. The van der Waals surface area contributed by atoms with Crippen LogP contribution in [0.3, 0.4) is 0 Å². The van der Waals surface area contributed by atoms with Crippen molar-refractivity contribution in [2.45, 2.75) is 13.3 Å². The van der Waals surface area contributed by atoms with E-state index in [4.69, 9.17) is 0 Å². The minimum atomic E-state index is -0.758. The molecular weight excluding hydrogens is 375 g/mol. The first kappa shape index (κ1) is 16.6. The second kappa shape index (κ2) is 6.73. The number of amides is 2. The molecule has 24 heavy (non-hydrogen) atoms. The van der Waals surface area contributed by atoms with E-state index in [2.05, 4.69) is 21.2 Å². The van der Waals surface area contributed by atoms with Crippen LogP contribution in [-0.2, 0) is 9.59 Å². The zero-order valence-electron chi connectivity index (χ0n) is 13.1. The van der Waals surface area contributed by atoms with Crippen LogP contribution >= 0.6 is 15.9 Å². The SMILES string of the molecule is Cc1ccc(Br)cc1N1CCC(C(=O)Nc2cccc(F)c2)C1=O. The Kier molecular flexibility index (Phi) is 4.66.